The van der Waals surface area contributed by atoms with Gasteiger partial charge in [-0.05, 0) is 18.6 Å². The Hall–Kier alpha value is -1.49. The molecule has 0 spiro atoms. The molecule has 0 bridgehead atoms. The predicted molar refractivity (Wildman–Crippen MR) is 70.7 cm³/mol. The first-order valence-corrected chi connectivity index (χ1v) is 7.04. The molecule has 0 aromatic heterocycles. The van der Waals surface area contributed by atoms with Crippen molar-refractivity contribution in [2.45, 2.75) is 11.3 Å². The fourth-order valence-electron chi connectivity index (χ4n) is 2.13. The summed E-state index contributed by atoms with van der Waals surface area (Å²) in [6, 6.07) is 7.76. The van der Waals surface area contributed by atoms with Crippen LogP contribution in [0, 0.1) is 0 Å². The van der Waals surface area contributed by atoms with E-state index in [0.29, 0.717) is 5.75 Å². The Labute approximate surface area is 110 Å². The van der Waals surface area contributed by atoms with Crippen molar-refractivity contribution in [3.05, 3.63) is 24.3 Å². The van der Waals surface area contributed by atoms with Crippen LogP contribution in [0.15, 0.2) is 29.2 Å². The van der Waals surface area contributed by atoms with Crippen molar-refractivity contribution in [2.24, 2.45) is 0 Å². The van der Waals surface area contributed by atoms with Gasteiger partial charge in [-0.15, -0.1) is 11.8 Å². The fourth-order valence-corrected chi connectivity index (χ4v) is 3.06. The highest BCUT2D eigenvalue weighted by molar-refractivity contribution is 8.00. The van der Waals surface area contributed by atoms with Gasteiger partial charge in [-0.3, -0.25) is 9.59 Å². The Morgan fingerprint density at radius 2 is 2.06 bits per heavy atom. The Kier molecular flexibility index (Phi) is 2.99. The van der Waals surface area contributed by atoms with Crippen LogP contribution in [0.4, 0.5) is 5.69 Å². The molecule has 1 aromatic carbocycles. The molecule has 0 unspecified atom stereocenters. The zero-order valence-electron chi connectivity index (χ0n) is 9.96. The summed E-state index contributed by atoms with van der Waals surface area (Å²) in [5.41, 5.74) is 0.868. The maximum absolute atomic E-state index is 12.0. The van der Waals surface area contributed by atoms with Gasteiger partial charge in [-0.1, -0.05) is 12.1 Å². The lowest BCUT2D eigenvalue weighted by Crippen LogP contribution is -2.49. The van der Waals surface area contributed by atoms with Gasteiger partial charge in [0, 0.05) is 18.0 Å². The summed E-state index contributed by atoms with van der Waals surface area (Å²) in [5, 5.41) is 0. The third kappa shape index (κ3) is 1.99. The molecule has 1 saturated heterocycles. The molecule has 5 heteroatoms. The van der Waals surface area contributed by atoms with E-state index in [1.807, 2.05) is 24.3 Å². The van der Waals surface area contributed by atoms with E-state index in [4.69, 9.17) is 0 Å². The molecule has 2 amide bonds. The second-order valence-electron chi connectivity index (χ2n) is 4.47. The van der Waals surface area contributed by atoms with Crippen molar-refractivity contribution >= 4 is 29.3 Å². The summed E-state index contributed by atoms with van der Waals surface area (Å²) in [7, 11) is 0. The number of hydrogen-bond acceptors (Lipinski definition) is 3. The van der Waals surface area contributed by atoms with Crippen molar-refractivity contribution in [1.82, 2.24) is 4.90 Å². The minimum atomic E-state index is 0.0209. The molecule has 18 heavy (non-hydrogen) atoms. The SMILES string of the molecule is O=C(CN1C(=O)CSc2ccccc21)N1CCC1. The van der Waals surface area contributed by atoms with E-state index in [0.717, 1.165) is 30.1 Å². The lowest BCUT2D eigenvalue weighted by Gasteiger charge is -2.34. The molecule has 2 aliphatic rings. The fraction of sp³-hybridized carbons (Fsp3) is 0.385. The van der Waals surface area contributed by atoms with Gasteiger partial charge in [-0.2, -0.15) is 0 Å². The maximum Gasteiger partial charge on any atom is 0.242 e. The number of anilines is 1. The minimum absolute atomic E-state index is 0.0209. The van der Waals surface area contributed by atoms with Crippen LogP contribution in [-0.2, 0) is 9.59 Å². The molecule has 0 radical (unpaired) electrons. The molecule has 0 atom stereocenters. The monoisotopic (exact) mass is 262 g/mol. The van der Waals surface area contributed by atoms with Crippen molar-refractivity contribution < 1.29 is 9.59 Å². The van der Waals surface area contributed by atoms with E-state index in [-0.39, 0.29) is 18.4 Å². The quantitative estimate of drug-likeness (QED) is 0.808. The first-order chi connectivity index (χ1) is 8.75. The molecule has 1 fully saturated rings. The van der Waals surface area contributed by atoms with Gasteiger partial charge in [0.05, 0.1) is 11.4 Å². The zero-order valence-corrected chi connectivity index (χ0v) is 10.8. The normalized spacial score (nSPS) is 18.3. The number of benzene rings is 1. The molecule has 0 saturated carbocycles. The first kappa shape index (κ1) is 11.6. The smallest absolute Gasteiger partial charge is 0.242 e. The average molecular weight is 262 g/mol. The van der Waals surface area contributed by atoms with Gasteiger partial charge >= 0.3 is 0 Å². The number of rotatable bonds is 2. The van der Waals surface area contributed by atoms with E-state index < -0.39 is 0 Å². The number of likely N-dealkylation sites (tertiary alicyclic amines) is 1. The standard InChI is InChI=1S/C13H14N2O2S/c16-12(14-6-3-7-14)8-15-10-4-1-2-5-11(10)18-9-13(15)17/h1-2,4-5H,3,6-9H2. The summed E-state index contributed by atoms with van der Waals surface area (Å²) >= 11 is 1.54. The van der Waals surface area contributed by atoms with Gasteiger partial charge in [-0.25, -0.2) is 0 Å². The van der Waals surface area contributed by atoms with Crippen LogP contribution in [0.1, 0.15) is 6.42 Å². The number of thioether (sulfide) groups is 1. The number of fused-ring (bicyclic) bond motifs is 1. The molecular formula is C13H14N2O2S. The lowest BCUT2D eigenvalue weighted by molar-refractivity contribution is -0.134. The molecule has 2 aliphatic heterocycles. The van der Waals surface area contributed by atoms with Crippen LogP contribution < -0.4 is 4.90 Å². The van der Waals surface area contributed by atoms with Crippen LogP contribution >= 0.6 is 11.8 Å². The summed E-state index contributed by atoms with van der Waals surface area (Å²) in [6.45, 7) is 1.84. The molecule has 94 valence electrons. The number of carbonyl (C=O) groups is 2. The third-order valence-corrected chi connectivity index (χ3v) is 4.36. The number of carbonyl (C=O) groups excluding carboxylic acids is 2. The second kappa shape index (κ2) is 4.65. The number of hydrogen-bond donors (Lipinski definition) is 0. The van der Waals surface area contributed by atoms with Gasteiger partial charge < -0.3 is 9.80 Å². The second-order valence-corrected chi connectivity index (χ2v) is 5.49. The topological polar surface area (TPSA) is 40.6 Å². The largest absolute Gasteiger partial charge is 0.341 e. The van der Waals surface area contributed by atoms with Crippen molar-refractivity contribution in [3.8, 4) is 0 Å². The number of nitrogens with zero attached hydrogens (tertiary/aromatic N) is 2. The Bertz CT molecular complexity index is 500. The molecule has 3 rings (SSSR count). The first-order valence-electron chi connectivity index (χ1n) is 6.06. The van der Waals surface area contributed by atoms with E-state index in [9.17, 15) is 9.59 Å². The van der Waals surface area contributed by atoms with E-state index in [1.165, 1.54) is 11.8 Å². The average Bonchev–Trinajstić information content (AvgIpc) is 2.31. The Balaban J connectivity index is 1.81. The molecular weight excluding hydrogens is 248 g/mol. The predicted octanol–water partition coefficient (Wildman–Crippen LogP) is 1.36. The Morgan fingerprint density at radius 1 is 1.28 bits per heavy atom. The molecule has 0 N–H and O–H groups in total. The number of amides is 2. The van der Waals surface area contributed by atoms with Crippen LogP contribution in [0.25, 0.3) is 0 Å². The van der Waals surface area contributed by atoms with Crippen LogP contribution in [0.2, 0.25) is 0 Å². The molecule has 1 aromatic rings. The highest BCUT2D eigenvalue weighted by Crippen LogP contribution is 2.34. The highest BCUT2D eigenvalue weighted by Gasteiger charge is 2.29. The summed E-state index contributed by atoms with van der Waals surface area (Å²) < 4.78 is 0. The van der Waals surface area contributed by atoms with Gasteiger partial charge in [0.25, 0.3) is 0 Å². The van der Waals surface area contributed by atoms with Crippen molar-refractivity contribution in [2.75, 3.05) is 30.3 Å². The Morgan fingerprint density at radius 3 is 2.78 bits per heavy atom. The molecule has 0 aliphatic carbocycles. The van der Waals surface area contributed by atoms with Crippen LogP contribution in [-0.4, -0.2) is 42.1 Å². The zero-order chi connectivity index (χ0) is 12.5. The highest BCUT2D eigenvalue weighted by atomic mass is 32.2. The van der Waals surface area contributed by atoms with Crippen molar-refractivity contribution in [3.63, 3.8) is 0 Å². The molecule has 2 heterocycles. The summed E-state index contributed by atoms with van der Waals surface area (Å²) in [6.07, 6.45) is 1.08. The third-order valence-electron chi connectivity index (χ3n) is 3.31. The maximum atomic E-state index is 12.0. The lowest BCUT2D eigenvalue weighted by atomic mass is 10.2. The molecule has 4 nitrogen and oxygen atoms in total. The van der Waals surface area contributed by atoms with Gasteiger partial charge in [0.1, 0.15) is 6.54 Å². The minimum Gasteiger partial charge on any atom is -0.341 e. The van der Waals surface area contributed by atoms with E-state index in [2.05, 4.69) is 0 Å². The van der Waals surface area contributed by atoms with E-state index >= 15 is 0 Å². The van der Waals surface area contributed by atoms with Gasteiger partial charge in [0.2, 0.25) is 11.8 Å². The van der Waals surface area contributed by atoms with Crippen LogP contribution in [0.5, 0.6) is 0 Å². The van der Waals surface area contributed by atoms with Crippen LogP contribution in [0.3, 0.4) is 0 Å². The summed E-state index contributed by atoms with van der Waals surface area (Å²) in [5.74, 6) is 0.494. The van der Waals surface area contributed by atoms with Crippen molar-refractivity contribution in [1.29, 1.82) is 0 Å². The number of para-hydroxylation sites is 1. The van der Waals surface area contributed by atoms with Gasteiger partial charge in [0.15, 0.2) is 0 Å². The van der Waals surface area contributed by atoms with E-state index in [1.54, 1.807) is 9.80 Å². The summed E-state index contributed by atoms with van der Waals surface area (Å²) in [4.78, 5) is 28.4.